The molecule has 0 aliphatic heterocycles. The Morgan fingerprint density at radius 3 is 2.86 bits per heavy atom. The van der Waals surface area contributed by atoms with Gasteiger partial charge in [0.05, 0.1) is 12.8 Å². The molecule has 2 N–H and O–H groups in total. The number of aromatic nitrogens is 1. The average Bonchev–Trinajstić information content (AvgIpc) is 3.01. The molecule has 2 aromatic rings. The Morgan fingerprint density at radius 2 is 2.18 bits per heavy atom. The maximum atomic E-state index is 12.6. The summed E-state index contributed by atoms with van der Waals surface area (Å²) in [4.78, 5) is 18.9. The molecule has 5 nitrogen and oxygen atoms in total. The van der Waals surface area contributed by atoms with E-state index in [9.17, 15) is 9.90 Å². The molecule has 116 valence electrons. The molecular weight excluding hydrogens is 298 g/mol. The van der Waals surface area contributed by atoms with Crippen molar-refractivity contribution in [3.8, 4) is 0 Å². The van der Waals surface area contributed by atoms with Crippen LogP contribution in [0.4, 0.5) is 5.13 Å². The Bertz CT molecular complexity index is 613. The molecule has 0 unspecified atom stereocenters. The van der Waals surface area contributed by atoms with Crippen molar-refractivity contribution in [3.05, 3.63) is 59.6 Å². The third-order valence-corrected chi connectivity index (χ3v) is 3.93. The van der Waals surface area contributed by atoms with Crippen LogP contribution in [0.3, 0.4) is 0 Å². The van der Waals surface area contributed by atoms with Crippen LogP contribution in [-0.2, 0) is 6.54 Å². The fourth-order valence-corrected chi connectivity index (χ4v) is 2.74. The number of anilines is 1. The lowest BCUT2D eigenvalue weighted by molar-refractivity contribution is 0.0712. The van der Waals surface area contributed by atoms with E-state index < -0.39 is 0 Å². The first-order valence-electron chi connectivity index (χ1n) is 6.99. The van der Waals surface area contributed by atoms with Crippen LogP contribution in [0.5, 0.6) is 0 Å². The minimum absolute atomic E-state index is 0.0705. The molecule has 2 rings (SSSR count). The van der Waals surface area contributed by atoms with E-state index in [1.165, 1.54) is 11.3 Å². The lowest BCUT2D eigenvalue weighted by Crippen LogP contribution is -2.32. The second-order valence-electron chi connectivity index (χ2n) is 4.64. The van der Waals surface area contributed by atoms with E-state index in [1.54, 1.807) is 17.2 Å². The van der Waals surface area contributed by atoms with Gasteiger partial charge in [0.15, 0.2) is 5.13 Å². The zero-order valence-corrected chi connectivity index (χ0v) is 13.1. The number of aliphatic hydroxyl groups is 1. The number of rotatable bonds is 8. The number of hydrogen-bond acceptors (Lipinski definition) is 5. The van der Waals surface area contributed by atoms with Crippen LogP contribution < -0.4 is 5.32 Å². The van der Waals surface area contributed by atoms with Gasteiger partial charge >= 0.3 is 0 Å². The van der Waals surface area contributed by atoms with Crippen molar-refractivity contribution in [3.63, 3.8) is 0 Å². The molecule has 1 heterocycles. The number of nitrogens with zero attached hydrogens (tertiary/aromatic N) is 2. The van der Waals surface area contributed by atoms with E-state index in [-0.39, 0.29) is 12.5 Å². The lowest BCUT2D eigenvalue weighted by Gasteiger charge is -2.21. The van der Waals surface area contributed by atoms with E-state index in [0.29, 0.717) is 29.6 Å². The number of nitrogens with one attached hydrogen (secondary N) is 1. The molecule has 1 amide bonds. The molecule has 0 atom stereocenters. The SMILES string of the molecule is C=CCNc1ncc(C(=O)N(CCO)Cc2ccccc2)s1. The predicted octanol–water partition coefficient (Wildman–Crippen LogP) is 2.38. The first-order valence-corrected chi connectivity index (χ1v) is 7.81. The number of benzene rings is 1. The molecule has 0 aliphatic rings. The van der Waals surface area contributed by atoms with Gasteiger partial charge in [0.25, 0.3) is 5.91 Å². The van der Waals surface area contributed by atoms with Gasteiger partial charge in [-0.15, -0.1) is 6.58 Å². The van der Waals surface area contributed by atoms with E-state index in [2.05, 4.69) is 16.9 Å². The second kappa shape index (κ2) is 8.31. The lowest BCUT2D eigenvalue weighted by atomic mass is 10.2. The minimum Gasteiger partial charge on any atom is -0.395 e. The summed E-state index contributed by atoms with van der Waals surface area (Å²) >= 11 is 1.30. The summed E-state index contributed by atoms with van der Waals surface area (Å²) in [5.41, 5.74) is 1.03. The molecule has 0 spiro atoms. The van der Waals surface area contributed by atoms with Gasteiger partial charge in [-0.25, -0.2) is 4.98 Å². The summed E-state index contributed by atoms with van der Waals surface area (Å²) in [6.07, 6.45) is 3.30. The Morgan fingerprint density at radius 1 is 1.41 bits per heavy atom. The van der Waals surface area contributed by atoms with Gasteiger partial charge in [0.1, 0.15) is 4.88 Å². The minimum atomic E-state index is -0.123. The molecule has 6 heteroatoms. The summed E-state index contributed by atoms with van der Waals surface area (Å²) in [6, 6.07) is 9.72. The number of thiazole rings is 1. The van der Waals surface area contributed by atoms with E-state index in [1.807, 2.05) is 30.3 Å². The van der Waals surface area contributed by atoms with Gasteiger partial charge in [-0.2, -0.15) is 0 Å². The highest BCUT2D eigenvalue weighted by Crippen LogP contribution is 2.20. The number of aliphatic hydroxyl groups excluding tert-OH is 1. The second-order valence-corrected chi connectivity index (χ2v) is 5.67. The molecule has 22 heavy (non-hydrogen) atoms. The summed E-state index contributed by atoms with van der Waals surface area (Å²) < 4.78 is 0. The molecular formula is C16H19N3O2S. The van der Waals surface area contributed by atoms with Crippen molar-refractivity contribution in [2.75, 3.05) is 25.0 Å². The Kier molecular flexibility index (Phi) is 6.12. The van der Waals surface area contributed by atoms with Crippen molar-refractivity contribution in [1.82, 2.24) is 9.88 Å². The van der Waals surface area contributed by atoms with Gasteiger partial charge in [-0.05, 0) is 5.56 Å². The molecule has 0 fully saturated rings. The highest BCUT2D eigenvalue weighted by atomic mass is 32.1. The Hall–Kier alpha value is -2.18. The largest absolute Gasteiger partial charge is 0.395 e. The summed E-state index contributed by atoms with van der Waals surface area (Å²) in [5.74, 6) is -0.123. The maximum Gasteiger partial charge on any atom is 0.266 e. The number of amides is 1. The van der Waals surface area contributed by atoms with E-state index >= 15 is 0 Å². The molecule has 0 aliphatic carbocycles. The average molecular weight is 317 g/mol. The van der Waals surface area contributed by atoms with Crippen LogP contribution >= 0.6 is 11.3 Å². The van der Waals surface area contributed by atoms with E-state index in [4.69, 9.17) is 0 Å². The van der Waals surface area contributed by atoms with Crippen LogP contribution in [0.2, 0.25) is 0 Å². The molecule has 0 radical (unpaired) electrons. The predicted molar refractivity (Wildman–Crippen MR) is 89.1 cm³/mol. The standard InChI is InChI=1S/C16H19N3O2S/c1-2-8-17-16-18-11-14(22-16)15(21)19(9-10-20)12-13-6-4-3-5-7-13/h2-7,11,20H,1,8-10,12H2,(H,17,18). The van der Waals surface area contributed by atoms with Crippen LogP contribution in [0.1, 0.15) is 15.2 Å². The van der Waals surface area contributed by atoms with Gasteiger partial charge in [0, 0.05) is 19.6 Å². The van der Waals surface area contributed by atoms with Gasteiger partial charge in [-0.1, -0.05) is 47.7 Å². The quantitative estimate of drug-likeness (QED) is 0.734. The number of carbonyl (C=O) groups excluding carboxylic acids is 1. The van der Waals surface area contributed by atoms with Crippen LogP contribution in [0, 0.1) is 0 Å². The molecule has 1 aromatic carbocycles. The first-order chi connectivity index (χ1) is 10.7. The van der Waals surface area contributed by atoms with Crippen molar-refractivity contribution < 1.29 is 9.90 Å². The van der Waals surface area contributed by atoms with Crippen molar-refractivity contribution in [2.45, 2.75) is 6.54 Å². The smallest absolute Gasteiger partial charge is 0.266 e. The number of hydrogen-bond donors (Lipinski definition) is 2. The maximum absolute atomic E-state index is 12.6. The van der Waals surface area contributed by atoms with Gasteiger partial charge < -0.3 is 15.3 Å². The topological polar surface area (TPSA) is 65.5 Å². The van der Waals surface area contributed by atoms with Crippen LogP contribution in [-0.4, -0.2) is 40.6 Å². The zero-order valence-electron chi connectivity index (χ0n) is 12.2. The third-order valence-electron chi connectivity index (χ3n) is 2.99. The highest BCUT2D eigenvalue weighted by molar-refractivity contribution is 7.17. The number of carbonyl (C=O) groups is 1. The van der Waals surface area contributed by atoms with Crippen molar-refractivity contribution >= 4 is 22.4 Å². The van der Waals surface area contributed by atoms with Crippen molar-refractivity contribution in [1.29, 1.82) is 0 Å². The summed E-state index contributed by atoms with van der Waals surface area (Å²) in [7, 11) is 0. The summed E-state index contributed by atoms with van der Waals surface area (Å²) in [6.45, 7) is 4.92. The van der Waals surface area contributed by atoms with Crippen LogP contribution in [0.25, 0.3) is 0 Å². The normalized spacial score (nSPS) is 10.2. The van der Waals surface area contributed by atoms with E-state index in [0.717, 1.165) is 5.56 Å². The third kappa shape index (κ3) is 4.41. The fraction of sp³-hybridized carbons (Fsp3) is 0.250. The Balaban J connectivity index is 2.08. The Labute approximate surface area is 133 Å². The first kappa shape index (κ1) is 16.2. The fourth-order valence-electron chi connectivity index (χ4n) is 1.95. The molecule has 0 saturated carbocycles. The monoisotopic (exact) mass is 317 g/mol. The van der Waals surface area contributed by atoms with Gasteiger partial charge in [-0.3, -0.25) is 4.79 Å². The zero-order chi connectivity index (χ0) is 15.8. The molecule has 1 aromatic heterocycles. The van der Waals surface area contributed by atoms with Crippen molar-refractivity contribution in [2.24, 2.45) is 0 Å². The molecule has 0 saturated heterocycles. The van der Waals surface area contributed by atoms with Crippen LogP contribution in [0.15, 0.2) is 49.2 Å². The van der Waals surface area contributed by atoms with Gasteiger partial charge in [0.2, 0.25) is 0 Å². The molecule has 0 bridgehead atoms. The highest BCUT2D eigenvalue weighted by Gasteiger charge is 2.18. The summed E-state index contributed by atoms with van der Waals surface area (Å²) in [5, 5.41) is 12.9.